The Morgan fingerprint density at radius 3 is 2.75 bits per heavy atom. The van der Waals surface area contributed by atoms with Crippen LogP contribution in [0.25, 0.3) is 22.6 Å². The monoisotopic (exact) mass is 270 g/mol. The third-order valence-corrected chi connectivity index (χ3v) is 2.99. The summed E-state index contributed by atoms with van der Waals surface area (Å²) in [6, 6.07) is 12.1. The smallest absolute Gasteiger partial charge is 0.383 e. The van der Waals surface area contributed by atoms with E-state index in [2.05, 4.69) is 4.98 Å². The van der Waals surface area contributed by atoms with Crippen LogP contribution in [0.15, 0.2) is 46.9 Å². The largest absolute Gasteiger partial charge is 0.410 e. The van der Waals surface area contributed by atoms with Crippen LogP contribution in [0.2, 0.25) is 0 Å². The molecular formula is C14H12N3O3+. The molecule has 0 bridgehead atoms. The second-order valence-corrected chi connectivity index (χ2v) is 4.25. The van der Waals surface area contributed by atoms with E-state index in [4.69, 9.17) is 20.9 Å². The summed E-state index contributed by atoms with van der Waals surface area (Å²) in [5.41, 5.74) is 7.59. The van der Waals surface area contributed by atoms with E-state index in [1.165, 1.54) is 0 Å². The van der Waals surface area contributed by atoms with Crippen molar-refractivity contribution in [3.8, 4) is 17.2 Å². The molecule has 3 aromatic rings. The first-order valence-corrected chi connectivity index (χ1v) is 5.91. The molecule has 0 radical (unpaired) electrons. The van der Waals surface area contributed by atoms with Crippen LogP contribution in [-0.2, 0) is 0 Å². The minimum absolute atomic E-state index is 0.384. The normalized spacial score (nSPS) is 10.7. The molecule has 5 N–H and O–H groups in total. The average molecular weight is 270 g/mol. The molecule has 0 aliphatic carbocycles. The highest BCUT2D eigenvalue weighted by atomic mass is 16.6. The van der Waals surface area contributed by atoms with Gasteiger partial charge >= 0.3 is 5.89 Å². The molecule has 0 fully saturated rings. The molecule has 0 spiro atoms. The minimum atomic E-state index is -0.504. The van der Waals surface area contributed by atoms with E-state index in [9.17, 15) is 4.79 Å². The van der Waals surface area contributed by atoms with E-state index in [-0.39, 0.29) is 0 Å². The zero-order valence-corrected chi connectivity index (χ0v) is 10.4. The molecule has 3 rings (SSSR count). The molecule has 0 atom stereocenters. The van der Waals surface area contributed by atoms with Gasteiger partial charge in [0.25, 0.3) is 0 Å². The van der Waals surface area contributed by atoms with Gasteiger partial charge in [0.05, 0.1) is 0 Å². The van der Waals surface area contributed by atoms with Crippen molar-refractivity contribution < 1.29 is 19.0 Å². The number of carbonyl (C=O) groups excluding carboxylic acids is 1. The van der Waals surface area contributed by atoms with E-state index >= 15 is 0 Å². The lowest BCUT2D eigenvalue weighted by atomic mass is 10.2. The number of nitrogens with two attached hydrogens (primary N) is 2. The number of aromatic amines is 1. The summed E-state index contributed by atoms with van der Waals surface area (Å²) in [4.78, 5) is 19.1. The van der Waals surface area contributed by atoms with Gasteiger partial charge in [-0.1, -0.05) is 12.1 Å². The van der Waals surface area contributed by atoms with Gasteiger partial charge in [-0.2, -0.15) is 10.9 Å². The molecule has 1 aromatic heterocycles. The number of oxazole rings is 1. The van der Waals surface area contributed by atoms with Crippen LogP contribution in [0.3, 0.4) is 0 Å². The Morgan fingerprint density at radius 1 is 1.20 bits per heavy atom. The highest BCUT2D eigenvalue weighted by Gasteiger charge is 2.20. The number of para-hydroxylation sites is 1. The van der Waals surface area contributed by atoms with Crippen LogP contribution in [-0.4, -0.2) is 5.91 Å². The summed E-state index contributed by atoms with van der Waals surface area (Å²) in [5.74, 6) is 5.70. The summed E-state index contributed by atoms with van der Waals surface area (Å²) in [6.45, 7) is 0. The first kappa shape index (κ1) is 12.2. The summed E-state index contributed by atoms with van der Waals surface area (Å²) in [5, 5.41) is 0. The Balaban J connectivity index is 2.15. The fourth-order valence-electron chi connectivity index (χ4n) is 2.00. The lowest BCUT2D eigenvalue weighted by molar-refractivity contribution is -0.338. The van der Waals surface area contributed by atoms with Crippen molar-refractivity contribution in [2.45, 2.75) is 0 Å². The van der Waals surface area contributed by atoms with Gasteiger partial charge in [0.2, 0.25) is 17.0 Å². The number of nitrogens with one attached hydrogen (secondary N) is 1. The minimum Gasteiger partial charge on any atom is -0.410 e. The van der Waals surface area contributed by atoms with E-state index in [1.807, 2.05) is 12.1 Å². The van der Waals surface area contributed by atoms with Crippen molar-refractivity contribution in [2.24, 2.45) is 11.6 Å². The van der Waals surface area contributed by atoms with Crippen LogP contribution in [0.5, 0.6) is 5.75 Å². The maximum absolute atomic E-state index is 11.2. The van der Waals surface area contributed by atoms with Crippen molar-refractivity contribution in [1.82, 2.24) is 0 Å². The first-order chi connectivity index (χ1) is 9.69. The quantitative estimate of drug-likeness (QED) is 0.699. The van der Waals surface area contributed by atoms with Gasteiger partial charge in [0, 0.05) is 17.7 Å². The predicted molar refractivity (Wildman–Crippen MR) is 71.5 cm³/mol. The number of hydrogen-bond acceptors (Lipinski definition) is 4. The van der Waals surface area contributed by atoms with Crippen LogP contribution in [0.4, 0.5) is 0 Å². The number of rotatable bonds is 3. The van der Waals surface area contributed by atoms with Crippen molar-refractivity contribution >= 4 is 17.0 Å². The molecule has 0 aliphatic rings. The molecule has 1 heterocycles. The highest BCUT2D eigenvalue weighted by Crippen LogP contribution is 2.28. The summed E-state index contributed by atoms with van der Waals surface area (Å²) in [6.07, 6.45) is 0. The van der Waals surface area contributed by atoms with Crippen LogP contribution in [0.1, 0.15) is 10.4 Å². The lowest BCUT2D eigenvalue weighted by Crippen LogP contribution is -2.10. The molecule has 0 aliphatic heterocycles. The molecule has 0 saturated carbocycles. The third kappa shape index (κ3) is 1.98. The lowest BCUT2D eigenvalue weighted by Gasteiger charge is -1.99. The molecular weight excluding hydrogens is 258 g/mol. The number of benzene rings is 2. The fraction of sp³-hybridized carbons (Fsp3) is 0. The molecule has 100 valence electrons. The van der Waals surface area contributed by atoms with E-state index in [0.717, 1.165) is 5.52 Å². The van der Waals surface area contributed by atoms with Crippen molar-refractivity contribution in [1.29, 1.82) is 0 Å². The number of hydrogen-bond donors (Lipinski definition) is 2. The highest BCUT2D eigenvalue weighted by molar-refractivity contribution is 5.95. The van der Waals surface area contributed by atoms with Gasteiger partial charge in [-0.25, -0.2) is 0 Å². The van der Waals surface area contributed by atoms with Gasteiger partial charge in [0.1, 0.15) is 5.56 Å². The number of aromatic nitrogens is 1. The molecule has 0 unspecified atom stereocenters. The van der Waals surface area contributed by atoms with E-state index < -0.39 is 5.91 Å². The zero-order chi connectivity index (χ0) is 14.1. The Morgan fingerprint density at radius 2 is 2.00 bits per heavy atom. The Kier molecular flexibility index (Phi) is 2.85. The fourth-order valence-corrected chi connectivity index (χ4v) is 2.00. The third-order valence-electron chi connectivity index (χ3n) is 2.99. The van der Waals surface area contributed by atoms with Crippen molar-refractivity contribution in [2.75, 3.05) is 0 Å². The summed E-state index contributed by atoms with van der Waals surface area (Å²) < 4.78 is 5.69. The van der Waals surface area contributed by atoms with Crippen LogP contribution < -0.4 is 21.5 Å². The zero-order valence-electron chi connectivity index (χ0n) is 10.4. The molecule has 6 nitrogen and oxygen atoms in total. The molecule has 1 amide bonds. The Hall–Kier alpha value is -2.86. The maximum atomic E-state index is 11.2. The molecule has 6 heteroatoms. The van der Waals surface area contributed by atoms with Gasteiger partial charge in [-0.15, -0.1) is 0 Å². The Labute approximate surface area is 113 Å². The van der Waals surface area contributed by atoms with Crippen LogP contribution >= 0.6 is 0 Å². The Bertz CT molecular complexity index is 795. The maximum Gasteiger partial charge on any atom is 0.383 e. The summed E-state index contributed by atoms with van der Waals surface area (Å²) in [7, 11) is 0. The second-order valence-electron chi connectivity index (χ2n) is 4.25. The average Bonchev–Trinajstić information content (AvgIpc) is 2.89. The van der Waals surface area contributed by atoms with Crippen molar-refractivity contribution in [3.05, 3.63) is 48.0 Å². The van der Waals surface area contributed by atoms with Gasteiger partial charge in [0.15, 0.2) is 5.75 Å². The topological polar surface area (TPSA) is 106 Å². The number of H-pyrrole nitrogens is 1. The van der Waals surface area contributed by atoms with E-state index in [1.54, 1.807) is 30.3 Å². The first-order valence-electron chi connectivity index (χ1n) is 5.91. The molecule has 0 saturated heterocycles. The summed E-state index contributed by atoms with van der Waals surface area (Å²) >= 11 is 0. The second kappa shape index (κ2) is 4.67. The van der Waals surface area contributed by atoms with Gasteiger partial charge in [-0.3, -0.25) is 4.79 Å². The van der Waals surface area contributed by atoms with Gasteiger partial charge in [-0.05, 0) is 18.2 Å². The molecule has 20 heavy (non-hydrogen) atoms. The molecule has 2 aromatic carbocycles. The van der Waals surface area contributed by atoms with E-state index in [0.29, 0.717) is 28.4 Å². The van der Waals surface area contributed by atoms with Gasteiger partial charge < -0.3 is 15.0 Å². The standard InChI is InChI=1S/C14H11N3O3/c15-13(18)8-5-6-10-12(7-8)19-14(17-10)9-3-1-2-4-11(9)20-16/h1-7H,16H2,(H2,15,18)/p+1. The van der Waals surface area contributed by atoms with Crippen LogP contribution in [0, 0.1) is 0 Å². The number of amides is 1. The SMILES string of the molecule is NOc1ccccc1-c1[nH+]c2ccc(C(N)=O)cc2o1. The predicted octanol–water partition coefficient (Wildman–Crippen LogP) is 1.27. The number of fused-ring (bicyclic) bond motifs is 1. The number of carbonyl (C=O) groups is 1. The number of primary amides is 1. The van der Waals surface area contributed by atoms with Crippen molar-refractivity contribution in [3.63, 3.8) is 0 Å².